The number of carbonyl (C=O) groups is 1. The van der Waals surface area contributed by atoms with Crippen LogP contribution in [0.5, 0.6) is 5.75 Å². The van der Waals surface area contributed by atoms with Gasteiger partial charge in [-0.3, -0.25) is 9.69 Å². The number of para-hydroxylation sites is 1. The van der Waals surface area contributed by atoms with Gasteiger partial charge in [0, 0.05) is 44.7 Å². The third-order valence-corrected chi connectivity index (χ3v) is 6.77. The summed E-state index contributed by atoms with van der Waals surface area (Å²) in [5.41, 5.74) is 6.36. The van der Waals surface area contributed by atoms with Gasteiger partial charge >= 0.3 is 0 Å². The summed E-state index contributed by atoms with van der Waals surface area (Å²) in [6, 6.07) is 22.3. The van der Waals surface area contributed by atoms with Crippen LogP contribution in [0.3, 0.4) is 0 Å². The van der Waals surface area contributed by atoms with Crippen LogP contribution < -0.4 is 4.74 Å². The molecule has 2 aliphatic rings. The van der Waals surface area contributed by atoms with Gasteiger partial charge in [0.15, 0.2) is 0 Å². The second-order valence-electron chi connectivity index (χ2n) is 9.04. The van der Waals surface area contributed by atoms with E-state index in [0.717, 1.165) is 73.7 Å². The van der Waals surface area contributed by atoms with E-state index in [1.165, 1.54) is 11.1 Å². The Kier molecular flexibility index (Phi) is 5.47. The van der Waals surface area contributed by atoms with Crippen molar-refractivity contribution in [1.82, 2.24) is 24.8 Å². The minimum Gasteiger partial charge on any atom is -0.493 e. The Morgan fingerprint density at radius 1 is 0.882 bits per heavy atom. The first-order chi connectivity index (χ1) is 16.7. The minimum absolute atomic E-state index is 0.104. The number of hydrogen-bond acceptors (Lipinski definition) is 5. The predicted molar refractivity (Wildman–Crippen MR) is 130 cm³/mol. The second kappa shape index (κ2) is 8.91. The molecule has 0 radical (unpaired) electrons. The molecule has 2 aliphatic heterocycles. The number of amides is 1. The molecule has 0 aliphatic carbocycles. The van der Waals surface area contributed by atoms with Gasteiger partial charge in [-0.1, -0.05) is 41.6 Å². The van der Waals surface area contributed by atoms with Crippen molar-refractivity contribution < 1.29 is 9.53 Å². The number of nitrogens with zero attached hydrogens (tertiary/aromatic N) is 5. The van der Waals surface area contributed by atoms with E-state index >= 15 is 0 Å². The zero-order chi connectivity index (χ0) is 22.9. The Morgan fingerprint density at radius 3 is 2.53 bits per heavy atom. The summed E-state index contributed by atoms with van der Waals surface area (Å²) >= 11 is 0. The maximum absolute atomic E-state index is 13.1. The van der Waals surface area contributed by atoms with E-state index in [0.29, 0.717) is 6.54 Å². The zero-order valence-electron chi connectivity index (χ0n) is 19.1. The van der Waals surface area contributed by atoms with Crippen LogP contribution in [0.2, 0.25) is 0 Å². The Labute approximate surface area is 198 Å². The van der Waals surface area contributed by atoms with Crippen molar-refractivity contribution in [2.75, 3.05) is 32.8 Å². The lowest BCUT2D eigenvalue weighted by Gasteiger charge is -2.35. The van der Waals surface area contributed by atoms with Crippen molar-refractivity contribution in [2.45, 2.75) is 19.5 Å². The van der Waals surface area contributed by atoms with E-state index in [4.69, 9.17) is 4.74 Å². The first-order valence-electron chi connectivity index (χ1n) is 11.9. The summed E-state index contributed by atoms with van der Waals surface area (Å²) in [6.45, 7) is 5.61. The third-order valence-electron chi connectivity index (χ3n) is 6.77. The van der Waals surface area contributed by atoms with Crippen LogP contribution in [-0.2, 0) is 19.5 Å². The first-order valence-corrected chi connectivity index (χ1v) is 11.9. The number of fused-ring (bicyclic) bond motifs is 2. The summed E-state index contributed by atoms with van der Waals surface area (Å²) in [4.78, 5) is 17.5. The molecule has 0 atom stereocenters. The van der Waals surface area contributed by atoms with Crippen molar-refractivity contribution in [3.63, 3.8) is 0 Å². The quantitative estimate of drug-likeness (QED) is 0.464. The van der Waals surface area contributed by atoms with Gasteiger partial charge in [0.2, 0.25) is 0 Å². The summed E-state index contributed by atoms with van der Waals surface area (Å²) in [6.07, 6.45) is 1.000. The number of rotatable bonds is 5. The molecule has 0 spiro atoms. The maximum atomic E-state index is 13.1. The van der Waals surface area contributed by atoms with Gasteiger partial charge in [-0.15, -0.1) is 5.10 Å². The van der Waals surface area contributed by atoms with Crippen molar-refractivity contribution in [3.05, 3.63) is 89.0 Å². The van der Waals surface area contributed by atoms with Crippen molar-refractivity contribution in [3.8, 4) is 5.75 Å². The highest BCUT2D eigenvalue weighted by Gasteiger charge is 2.23. The van der Waals surface area contributed by atoms with Crippen LogP contribution in [0.1, 0.15) is 27.0 Å². The normalized spacial score (nSPS) is 15.9. The van der Waals surface area contributed by atoms with E-state index in [-0.39, 0.29) is 5.91 Å². The SMILES string of the molecule is O=C(c1ccc(Cn2nnc3ccccc32)cc1)N1CCN(Cc2ccc3c(c2)CCO3)CC1. The van der Waals surface area contributed by atoms with Gasteiger partial charge in [0.1, 0.15) is 11.3 Å². The lowest BCUT2D eigenvalue weighted by atomic mass is 10.1. The zero-order valence-corrected chi connectivity index (χ0v) is 19.1. The Morgan fingerprint density at radius 2 is 1.68 bits per heavy atom. The molecule has 7 heteroatoms. The Balaban J connectivity index is 1.05. The summed E-state index contributed by atoms with van der Waals surface area (Å²) in [7, 11) is 0. The Bertz CT molecular complexity index is 1320. The average Bonchev–Trinajstić information content (AvgIpc) is 3.51. The molecule has 172 valence electrons. The molecule has 0 saturated carbocycles. The largest absolute Gasteiger partial charge is 0.493 e. The standard InChI is InChI=1S/C27H27N5O2/c33-27(22-8-5-20(6-9-22)19-32-25-4-2-1-3-24(25)28-29-32)31-14-12-30(13-15-31)18-21-7-10-26-23(17-21)11-16-34-26/h1-10,17H,11-16,18-19H2. The lowest BCUT2D eigenvalue weighted by Crippen LogP contribution is -2.48. The summed E-state index contributed by atoms with van der Waals surface area (Å²) in [5.74, 6) is 1.13. The van der Waals surface area contributed by atoms with E-state index in [1.807, 2.05) is 58.1 Å². The molecule has 0 unspecified atom stereocenters. The number of aromatic nitrogens is 3. The molecular formula is C27H27N5O2. The van der Waals surface area contributed by atoms with Crippen LogP contribution in [0.15, 0.2) is 66.7 Å². The van der Waals surface area contributed by atoms with Gasteiger partial charge in [0.05, 0.1) is 18.7 Å². The average molecular weight is 454 g/mol. The van der Waals surface area contributed by atoms with Gasteiger partial charge in [0.25, 0.3) is 5.91 Å². The van der Waals surface area contributed by atoms with Crippen LogP contribution in [-0.4, -0.2) is 63.5 Å². The molecule has 1 amide bonds. The number of hydrogen-bond donors (Lipinski definition) is 0. The van der Waals surface area contributed by atoms with Crippen LogP contribution in [0, 0.1) is 0 Å². The number of piperazine rings is 1. The van der Waals surface area contributed by atoms with Gasteiger partial charge in [-0.25, -0.2) is 4.68 Å². The molecule has 0 N–H and O–H groups in total. The third kappa shape index (κ3) is 4.15. The number of carbonyl (C=O) groups excluding carboxylic acids is 1. The Hall–Kier alpha value is -3.71. The molecule has 6 rings (SSSR count). The minimum atomic E-state index is 0.104. The van der Waals surface area contributed by atoms with E-state index < -0.39 is 0 Å². The molecule has 7 nitrogen and oxygen atoms in total. The van der Waals surface area contributed by atoms with Gasteiger partial charge in [-0.2, -0.15) is 0 Å². The predicted octanol–water partition coefficient (Wildman–Crippen LogP) is 3.37. The monoisotopic (exact) mass is 453 g/mol. The highest BCUT2D eigenvalue weighted by molar-refractivity contribution is 5.94. The van der Waals surface area contributed by atoms with Crippen molar-refractivity contribution in [1.29, 1.82) is 0 Å². The highest BCUT2D eigenvalue weighted by atomic mass is 16.5. The van der Waals surface area contributed by atoms with Crippen molar-refractivity contribution >= 4 is 16.9 Å². The number of ether oxygens (including phenoxy) is 1. The summed E-state index contributed by atoms with van der Waals surface area (Å²) in [5, 5.41) is 8.47. The molecule has 4 aromatic rings. The fourth-order valence-electron chi connectivity index (χ4n) is 4.85. The molecule has 3 aromatic carbocycles. The van der Waals surface area contributed by atoms with Gasteiger partial charge in [-0.05, 0) is 47.0 Å². The summed E-state index contributed by atoms with van der Waals surface area (Å²) < 4.78 is 7.50. The maximum Gasteiger partial charge on any atom is 0.253 e. The molecule has 0 bridgehead atoms. The first kappa shape index (κ1) is 20.9. The van der Waals surface area contributed by atoms with E-state index in [2.05, 4.69) is 33.4 Å². The fourth-order valence-corrected chi connectivity index (χ4v) is 4.85. The van der Waals surface area contributed by atoms with Crippen LogP contribution >= 0.6 is 0 Å². The van der Waals surface area contributed by atoms with E-state index in [1.54, 1.807) is 0 Å². The lowest BCUT2D eigenvalue weighted by molar-refractivity contribution is 0.0628. The molecule has 1 aromatic heterocycles. The van der Waals surface area contributed by atoms with E-state index in [9.17, 15) is 4.79 Å². The second-order valence-corrected chi connectivity index (χ2v) is 9.04. The van der Waals surface area contributed by atoms with Crippen molar-refractivity contribution in [2.24, 2.45) is 0 Å². The molecule has 34 heavy (non-hydrogen) atoms. The molecular weight excluding hydrogens is 426 g/mol. The smallest absolute Gasteiger partial charge is 0.253 e. The fraction of sp³-hybridized carbons (Fsp3) is 0.296. The number of benzene rings is 3. The molecule has 3 heterocycles. The van der Waals surface area contributed by atoms with Crippen LogP contribution in [0.4, 0.5) is 0 Å². The van der Waals surface area contributed by atoms with Crippen LogP contribution in [0.25, 0.3) is 11.0 Å². The topological polar surface area (TPSA) is 63.5 Å². The molecule has 1 saturated heterocycles. The molecule has 1 fully saturated rings. The highest BCUT2D eigenvalue weighted by Crippen LogP contribution is 2.26. The van der Waals surface area contributed by atoms with Gasteiger partial charge < -0.3 is 9.64 Å².